The van der Waals surface area contributed by atoms with Crippen LogP contribution in [0.4, 0.5) is 6.01 Å². The average Bonchev–Trinajstić information content (AvgIpc) is 2.95. The lowest BCUT2D eigenvalue weighted by Crippen LogP contribution is -2.04. The second-order valence-corrected chi connectivity index (χ2v) is 3.46. The summed E-state index contributed by atoms with van der Waals surface area (Å²) in [4.78, 5) is 4.11. The van der Waals surface area contributed by atoms with E-state index in [1.54, 1.807) is 6.20 Å². The first-order valence-corrected chi connectivity index (χ1v) is 5.46. The molecule has 0 aliphatic heterocycles. The van der Waals surface area contributed by atoms with Crippen LogP contribution in [0.1, 0.15) is 24.5 Å². The average molecular weight is 237 g/mol. The number of nitrogens with one attached hydrogen (secondary N) is 2. The van der Waals surface area contributed by atoms with Gasteiger partial charge >= 0.3 is 6.01 Å². The lowest BCUT2D eigenvalue weighted by molar-refractivity contribution is 0.456. The van der Waals surface area contributed by atoms with Gasteiger partial charge in [-0.1, -0.05) is 12.0 Å². The molecule has 0 unspecified atom stereocenters. The van der Waals surface area contributed by atoms with Gasteiger partial charge in [0.25, 0.3) is 0 Å². The number of rotatable bonds is 6. The highest BCUT2D eigenvalue weighted by molar-refractivity contribution is 5.17. The Morgan fingerprint density at radius 3 is 2.76 bits per heavy atom. The molecule has 0 aliphatic carbocycles. The minimum Gasteiger partial charge on any atom is -0.444 e. The molecule has 2 N–H and O–H groups in total. The summed E-state index contributed by atoms with van der Waals surface area (Å²) in [6.07, 6.45) is 2.55. The lowest BCUT2D eigenvalue weighted by atomic mass is 10.4. The van der Waals surface area contributed by atoms with Crippen molar-refractivity contribution in [3.63, 3.8) is 0 Å². The molecule has 0 radical (unpaired) electrons. The van der Waals surface area contributed by atoms with Gasteiger partial charge < -0.3 is 19.5 Å². The van der Waals surface area contributed by atoms with Crippen LogP contribution in [0.15, 0.2) is 15.0 Å². The molecular formula is C10H15N5O2. The summed E-state index contributed by atoms with van der Waals surface area (Å²) in [5.74, 6) is 2.01. The van der Waals surface area contributed by atoms with Crippen molar-refractivity contribution >= 4 is 6.01 Å². The monoisotopic (exact) mass is 237 g/mol. The van der Waals surface area contributed by atoms with Gasteiger partial charge in [0.1, 0.15) is 5.76 Å². The van der Waals surface area contributed by atoms with Crippen LogP contribution in [-0.4, -0.2) is 22.2 Å². The van der Waals surface area contributed by atoms with Gasteiger partial charge in [-0.15, -0.1) is 5.10 Å². The summed E-state index contributed by atoms with van der Waals surface area (Å²) in [6.45, 7) is 2.99. The van der Waals surface area contributed by atoms with E-state index < -0.39 is 0 Å². The number of anilines is 1. The molecule has 0 aromatic carbocycles. The number of aryl methyl sites for hydroxylation is 1. The number of oxazole rings is 1. The van der Waals surface area contributed by atoms with Crippen LogP contribution in [0.2, 0.25) is 0 Å². The molecule has 2 heterocycles. The molecule has 0 amide bonds. The third-order valence-corrected chi connectivity index (χ3v) is 2.14. The Bertz CT molecular complexity index is 465. The largest absolute Gasteiger partial charge is 0.444 e. The molecule has 0 saturated carbocycles. The molecule has 0 atom stereocenters. The van der Waals surface area contributed by atoms with Gasteiger partial charge in [0, 0.05) is 6.42 Å². The van der Waals surface area contributed by atoms with Crippen LogP contribution in [0, 0.1) is 0 Å². The highest BCUT2D eigenvalue weighted by atomic mass is 16.4. The van der Waals surface area contributed by atoms with Crippen LogP contribution in [0.25, 0.3) is 0 Å². The Morgan fingerprint density at radius 2 is 2.06 bits per heavy atom. The molecule has 2 aromatic heterocycles. The van der Waals surface area contributed by atoms with Crippen LogP contribution in [0.5, 0.6) is 0 Å². The standard InChI is InChI=1S/C10H15N5O2/c1-3-7-4-12-8(16-7)6-13-10-15-14-9(17-10)5-11-2/h4,11H,3,5-6H2,1-2H3,(H,13,15). The van der Waals surface area contributed by atoms with Crippen LogP contribution in [0.3, 0.4) is 0 Å². The summed E-state index contributed by atoms with van der Waals surface area (Å²) >= 11 is 0. The molecule has 92 valence electrons. The van der Waals surface area contributed by atoms with Gasteiger partial charge in [-0.2, -0.15) is 0 Å². The zero-order valence-electron chi connectivity index (χ0n) is 9.86. The molecule has 2 aromatic rings. The molecule has 0 spiro atoms. The molecule has 0 saturated heterocycles. The minimum absolute atomic E-state index is 0.367. The van der Waals surface area contributed by atoms with Crippen molar-refractivity contribution in [1.29, 1.82) is 0 Å². The van der Waals surface area contributed by atoms with Gasteiger partial charge in [0.15, 0.2) is 0 Å². The van der Waals surface area contributed by atoms with E-state index in [-0.39, 0.29) is 0 Å². The van der Waals surface area contributed by atoms with E-state index in [1.807, 2.05) is 14.0 Å². The molecule has 0 aliphatic rings. The predicted octanol–water partition coefficient (Wildman–Crippen LogP) is 0.951. The Morgan fingerprint density at radius 1 is 1.18 bits per heavy atom. The van der Waals surface area contributed by atoms with E-state index in [0.717, 1.165) is 12.2 Å². The van der Waals surface area contributed by atoms with E-state index >= 15 is 0 Å². The van der Waals surface area contributed by atoms with Gasteiger partial charge in [-0.25, -0.2) is 4.98 Å². The van der Waals surface area contributed by atoms with Gasteiger partial charge in [-0.3, -0.25) is 0 Å². The zero-order chi connectivity index (χ0) is 12.1. The summed E-state index contributed by atoms with van der Waals surface area (Å²) in [7, 11) is 1.82. The minimum atomic E-state index is 0.367. The Kier molecular flexibility index (Phi) is 3.71. The van der Waals surface area contributed by atoms with Crippen LogP contribution >= 0.6 is 0 Å². The van der Waals surface area contributed by atoms with Gasteiger partial charge in [0.2, 0.25) is 11.8 Å². The molecule has 17 heavy (non-hydrogen) atoms. The van der Waals surface area contributed by atoms with Crippen LogP contribution < -0.4 is 10.6 Å². The van der Waals surface area contributed by atoms with E-state index in [1.165, 1.54) is 0 Å². The molecule has 7 heteroatoms. The van der Waals surface area contributed by atoms with Crippen molar-refractivity contribution in [2.75, 3.05) is 12.4 Å². The van der Waals surface area contributed by atoms with Crippen molar-refractivity contribution in [2.45, 2.75) is 26.4 Å². The number of nitrogens with zero attached hydrogens (tertiary/aromatic N) is 3. The van der Waals surface area contributed by atoms with Crippen molar-refractivity contribution in [1.82, 2.24) is 20.5 Å². The quantitative estimate of drug-likeness (QED) is 0.773. The van der Waals surface area contributed by atoms with E-state index in [2.05, 4.69) is 25.8 Å². The Balaban J connectivity index is 1.88. The van der Waals surface area contributed by atoms with Crippen molar-refractivity contribution in [3.8, 4) is 0 Å². The van der Waals surface area contributed by atoms with E-state index in [4.69, 9.17) is 8.83 Å². The first-order valence-electron chi connectivity index (χ1n) is 5.46. The zero-order valence-corrected chi connectivity index (χ0v) is 9.86. The highest BCUT2D eigenvalue weighted by Gasteiger charge is 2.06. The second-order valence-electron chi connectivity index (χ2n) is 3.46. The Hall–Kier alpha value is -1.89. The van der Waals surface area contributed by atoms with Gasteiger partial charge in [-0.05, 0) is 7.05 Å². The fourth-order valence-electron chi connectivity index (χ4n) is 1.29. The van der Waals surface area contributed by atoms with Crippen molar-refractivity contribution in [3.05, 3.63) is 23.7 Å². The summed E-state index contributed by atoms with van der Waals surface area (Å²) < 4.78 is 10.7. The first kappa shape index (κ1) is 11.6. The van der Waals surface area contributed by atoms with Crippen molar-refractivity contribution < 1.29 is 8.83 Å². The molecule has 0 bridgehead atoms. The van der Waals surface area contributed by atoms with E-state index in [0.29, 0.717) is 30.9 Å². The normalized spacial score (nSPS) is 10.7. The SMILES string of the molecule is CCc1cnc(CNc2nnc(CNC)o2)o1. The molecule has 0 fully saturated rings. The third kappa shape index (κ3) is 3.04. The highest BCUT2D eigenvalue weighted by Crippen LogP contribution is 2.09. The maximum Gasteiger partial charge on any atom is 0.315 e. The summed E-state index contributed by atoms with van der Waals surface area (Å²) in [6, 6.07) is 0.367. The summed E-state index contributed by atoms with van der Waals surface area (Å²) in [5.41, 5.74) is 0. The maximum absolute atomic E-state index is 5.43. The maximum atomic E-state index is 5.43. The topological polar surface area (TPSA) is 89.0 Å². The first-order chi connectivity index (χ1) is 8.31. The van der Waals surface area contributed by atoms with Gasteiger partial charge in [0.05, 0.1) is 19.3 Å². The van der Waals surface area contributed by atoms with Crippen LogP contribution in [-0.2, 0) is 19.5 Å². The molecule has 7 nitrogen and oxygen atoms in total. The second kappa shape index (κ2) is 5.44. The number of hydrogen-bond acceptors (Lipinski definition) is 7. The number of aromatic nitrogens is 3. The molecule has 2 rings (SSSR count). The lowest BCUT2D eigenvalue weighted by Gasteiger charge is -1.96. The fraction of sp³-hybridized carbons (Fsp3) is 0.500. The fourth-order valence-corrected chi connectivity index (χ4v) is 1.29. The summed E-state index contributed by atoms with van der Waals surface area (Å²) in [5, 5.41) is 13.6. The third-order valence-electron chi connectivity index (χ3n) is 2.14. The Labute approximate surface area is 98.6 Å². The predicted molar refractivity (Wildman–Crippen MR) is 60.3 cm³/mol. The van der Waals surface area contributed by atoms with Crippen molar-refractivity contribution in [2.24, 2.45) is 0 Å². The molecular weight excluding hydrogens is 222 g/mol. The smallest absolute Gasteiger partial charge is 0.315 e. The number of hydrogen-bond donors (Lipinski definition) is 2. The van der Waals surface area contributed by atoms with E-state index in [9.17, 15) is 0 Å².